The molecule has 2 heterocycles. The third kappa shape index (κ3) is 3.07. The predicted molar refractivity (Wildman–Crippen MR) is 92.1 cm³/mol. The molecule has 0 radical (unpaired) electrons. The fourth-order valence-electron chi connectivity index (χ4n) is 3.53. The standard InChI is InChI=1S/C19H19FN4/c20-15-7-5-14(6-8-15)18(13-3-1-2-4-13)23-17-10-9-16-19(24-17)22-12-11-21-16/h5-13,18H,1-4H2,(H,22,23,24). The summed E-state index contributed by atoms with van der Waals surface area (Å²) in [5.41, 5.74) is 2.51. The summed E-state index contributed by atoms with van der Waals surface area (Å²) in [4.78, 5) is 13.1. The third-order valence-electron chi connectivity index (χ3n) is 4.74. The Morgan fingerprint density at radius 1 is 0.958 bits per heavy atom. The molecule has 1 saturated carbocycles. The highest BCUT2D eigenvalue weighted by Crippen LogP contribution is 2.37. The van der Waals surface area contributed by atoms with Gasteiger partial charge < -0.3 is 5.32 Å². The Kier molecular flexibility index (Phi) is 4.07. The maximum absolute atomic E-state index is 13.3. The average molecular weight is 322 g/mol. The SMILES string of the molecule is Fc1ccc(C(Nc2ccc3nccnc3n2)C2CCCC2)cc1. The van der Waals surface area contributed by atoms with Gasteiger partial charge in [0.05, 0.1) is 6.04 Å². The first kappa shape index (κ1) is 15.0. The van der Waals surface area contributed by atoms with Crippen LogP contribution in [0.4, 0.5) is 10.2 Å². The Morgan fingerprint density at radius 3 is 2.50 bits per heavy atom. The summed E-state index contributed by atoms with van der Waals surface area (Å²) >= 11 is 0. The van der Waals surface area contributed by atoms with Gasteiger partial charge in [-0.2, -0.15) is 0 Å². The third-order valence-corrected chi connectivity index (χ3v) is 4.74. The summed E-state index contributed by atoms with van der Waals surface area (Å²) in [7, 11) is 0. The van der Waals surface area contributed by atoms with Gasteiger partial charge in [0.15, 0.2) is 5.65 Å². The number of halogens is 1. The second kappa shape index (κ2) is 6.51. The topological polar surface area (TPSA) is 50.7 Å². The summed E-state index contributed by atoms with van der Waals surface area (Å²) in [5.74, 6) is 1.11. The van der Waals surface area contributed by atoms with Gasteiger partial charge in [-0.1, -0.05) is 25.0 Å². The Balaban J connectivity index is 1.65. The van der Waals surface area contributed by atoms with Crippen LogP contribution in [0.25, 0.3) is 11.2 Å². The van der Waals surface area contributed by atoms with E-state index in [4.69, 9.17) is 0 Å². The highest BCUT2D eigenvalue weighted by Gasteiger charge is 2.26. The van der Waals surface area contributed by atoms with Gasteiger partial charge in [-0.05, 0) is 48.6 Å². The van der Waals surface area contributed by atoms with Gasteiger partial charge in [0.1, 0.15) is 17.2 Å². The molecule has 0 saturated heterocycles. The highest BCUT2D eigenvalue weighted by molar-refractivity contribution is 5.71. The fourth-order valence-corrected chi connectivity index (χ4v) is 3.53. The molecule has 0 bridgehead atoms. The lowest BCUT2D eigenvalue weighted by molar-refractivity contribution is 0.468. The van der Waals surface area contributed by atoms with E-state index in [0.717, 1.165) is 16.9 Å². The zero-order valence-electron chi connectivity index (χ0n) is 13.3. The largest absolute Gasteiger partial charge is 0.363 e. The van der Waals surface area contributed by atoms with Crippen molar-refractivity contribution in [1.82, 2.24) is 15.0 Å². The van der Waals surface area contributed by atoms with Gasteiger partial charge in [-0.3, -0.25) is 4.98 Å². The van der Waals surface area contributed by atoms with Crippen LogP contribution in [0.2, 0.25) is 0 Å². The molecular weight excluding hydrogens is 303 g/mol. The van der Waals surface area contributed by atoms with Gasteiger partial charge in [-0.15, -0.1) is 0 Å². The number of anilines is 1. The molecule has 2 aromatic heterocycles. The summed E-state index contributed by atoms with van der Waals surface area (Å²) in [6.07, 6.45) is 8.18. The number of fused-ring (bicyclic) bond motifs is 1. The normalized spacial score (nSPS) is 16.4. The molecule has 122 valence electrons. The number of hydrogen-bond donors (Lipinski definition) is 1. The van der Waals surface area contributed by atoms with Gasteiger partial charge in [0.2, 0.25) is 0 Å². The first-order valence-corrected chi connectivity index (χ1v) is 8.39. The van der Waals surface area contributed by atoms with E-state index in [1.54, 1.807) is 12.4 Å². The van der Waals surface area contributed by atoms with Crippen LogP contribution in [0.3, 0.4) is 0 Å². The van der Waals surface area contributed by atoms with Gasteiger partial charge in [-0.25, -0.2) is 14.4 Å². The van der Waals surface area contributed by atoms with Crippen LogP contribution in [-0.4, -0.2) is 15.0 Å². The number of nitrogens with one attached hydrogen (secondary N) is 1. The lowest BCUT2D eigenvalue weighted by atomic mass is 9.91. The molecule has 1 N–H and O–H groups in total. The van der Waals surface area contributed by atoms with Crippen molar-refractivity contribution in [2.24, 2.45) is 5.92 Å². The van der Waals surface area contributed by atoms with Crippen molar-refractivity contribution in [1.29, 1.82) is 0 Å². The second-order valence-electron chi connectivity index (χ2n) is 6.31. The summed E-state index contributed by atoms with van der Waals surface area (Å²) < 4.78 is 13.3. The average Bonchev–Trinajstić information content (AvgIpc) is 3.15. The maximum Gasteiger partial charge on any atom is 0.180 e. The summed E-state index contributed by atoms with van der Waals surface area (Å²) in [6.45, 7) is 0. The molecule has 1 atom stereocenters. The van der Waals surface area contributed by atoms with Gasteiger partial charge in [0, 0.05) is 12.4 Å². The van der Waals surface area contributed by atoms with Crippen molar-refractivity contribution in [3.8, 4) is 0 Å². The molecule has 0 aliphatic heterocycles. The number of benzene rings is 1. The number of aromatic nitrogens is 3. The van der Waals surface area contributed by atoms with Crippen molar-refractivity contribution >= 4 is 17.0 Å². The zero-order valence-corrected chi connectivity index (χ0v) is 13.3. The molecule has 24 heavy (non-hydrogen) atoms. The molecule has 1 aliphatic rings. The smallest absolute Gasteiger partial charge is 0.180 e. The lowest BCUT2D eigenvalue weighted by Crippen LogP contribution is -2.19. The monoisotopic (exact) mass is 322 g/mol. The van der Waals surface area contributed by atoms with Crippen molar-refractivity contribution in [3.05, 3.63) is 60.2 Å². The van der Waals surface area contributed by atoms with Crippen LogP contribution in [0.1, 0.15) is 37.3 Å². The second-order valence-corrected chi connectivity index (χ2v) is 6.31. The van der Waals surface area contributed by atoms with Crippen molar-refractivity contribution in [2.45, 2.75) is 31.7 Å². The molecule has 5 heteroatoms. The highest BCUT2D eigenvalue weighted by atomic mass is 19.1. The van der Waals surface area contributed by atoms with E-state index >= 15 is 0 Å². The molecular formula is C19H19FN4. The van der Waals surface area contributed by atoms with E-state index in [0.29, 0.717) is 11.6 Å². The van der Waals surface area contributed by atoms with Crippen LogP contribution in [0, 0.1) is 11.7 Å². The van der Waals surface area contributed by atoms with E-state index in [1.165, 1.54) is 37.8 Å². The van der Waals surface area contributed by atoms with E-state index in [1.807, 2.05) is 24.3 Å². The minimum Gasteiger partial charge on any atom is -0.363 e. The number of pyridine rings is 1. The van der Waals surface area contributed by atoms with E-state index in [9.17, 15) is 4.39 Å². The Hall–Kier alpha value is -2.56. The minimum absolute atomic E-state index is 0.134. The molecule has 1 fully saturated rings. The number of hydrogen-bond acceptors (Lipinski definition) is 4. The lowest BCUT2D eigenvalue weighted by Gasteiger charge is -2.26. The quantitative estimate of drug-likeness (QED) is 0.768. The van der Waals surface area contributed by atoms with Crippen molar-refractivity contribution in [2.75, 3.05) is 5.32 Å². The Morgan fingerprint density at radius 2 is 1.71 bits per heavy atom. The first-order chi connectivity index (χ1) is 11.8. The molecule has 4 rings (SSSR count). The van der Waals surface area contributed by atoms with Gasteiger partial charge >= 0.3 is 0 Å². The van der Waals surface area contributed by atoms with Crippen molar-refractivity contribution in [3.63, 3.8) is 0 Å². The van der Waals surface area contributed by atoms with Crippen LogP contribution >= 0.6 is 0 Å². The Bertz CT molecular complexity index is 828. The molecule has 1 aromatic carbocycles. The maximum atomic E-state index is 13.3. The molecule has 0 amide bonds. The minimum atomic E-state index is -0.206. The molecule has 3 aromatic rings. The molecule has 1 unspecified atom stereocenters. The fraction of sp³-hybridized carbons (Fsp3) is 0.316. The predicted octanol–water partition coefficient (Wildman–Crippen LogP) is 4.51. The molecule has 1 aliphatic carbocycles. The van der Waals surface area contributed by atoms with Crippen LogP contribution < -0.4 is 5.32 Å². The number of rotatable bonds is 4. The summed E-state index contributed by atoms with van der Waals surface area (Å²) in [5, 5.41) is 3.55. The van der Waals surface area contributed by atoms with E-state index in [2.05, 4.69) is 20.3 Å². The van der Waals surface area contributed by atoms with Crippen LogP contribution in [0.5, 0.6) is 0 Å². The zero-order chi connectivity index (χ0) is 16.4. The molecule has 0 spiro atoms. The summed E-state index contributed by atoms with van der Waals surface area (Å²) in [6, 6.07) is 10.8. The Labute approximate surface area is 140 Å². The molecule has 4 nitrogen and oxygen atoms in total. The van der Waals surface area contributed by atoms with Crippen LogP contribution in [0.15, 0.2) is 48.8 Å². The van der Waals surface area contributed by atoms with E-state index in [-0.39, 0.29) is 11.9 Å². The van der Waals surface area contributed by atoms with Crippen molar-refractivity contribution < 1.29 is 4.39 Å². The van der Waals surface area contributed by atoms with Gasteiger partial charge in [0.25, 0.3) is 0 Å². The van der Waals surface area contributed by atoms with E-state index < -0.39 is 0 Å². The first-order valence-electron chi connectivity index (χ1n) is 8.39. The number of nitrogens with zero attached hydrogens (tertiary/aromatic N) is 3. The van der Waals surface area contributed by atoms with Crippen LogP contribution in [-0.2, 0) is 0 Å².